The molecule has 2 heterocycles. The summed E-state index contributed by atoms with van der Waals surface area (Å²) in [4.78, 5) is 4.50. The number of hydrogen-bond acceptors (Lipinski definition) is 4. The van der Waals surface area contributed by atoms with Crippen molar-refractivity contribution in [2.45, 2.75) is 18.9 Å². The molecule has 0 saturated heterocycles. The van der Waals surface area contributed by atoms with Crippen LogP contribution in [0.1, 0.15) is 24.0 Å². The number of hydrogen-bond donors (Lipinski definition) is 1. The fraction of sp³-hybridized carbons (Fsp3) is 0.150. The van der Waals surface area contributed by atoms with E-state index in [4.69, 9.17) is 11.0 Å². The lowest BCUT2D eigenvalue weighted by molar-refractivity contribution is 0.958. The molecular formula is C20H17N5. The van der Waals surface area contributed by atoms with Gasteiger partial charge in [-0.3, -0.25) is 4.99 Å². The quantitative estimate of drug-likeness (QED) is 0.746. The third-order valence-corrected chi connectivity index (χ3v) is 4.33. The Morgan fingerprint density at radius 3 is 2.72 bits per heavy atom. The van der Waals surface area contributed by atoms with E-state index in [-0.39, 0.29) is 0 Å². The average molecular weight is 327 g/mol. The normalized spacial score (nSPS) is 14.9. The third kappa shape index (κ3) is 3.02. The Bertz CT molecular complexity index is 1010. The number of rotatable bonds is 4. The monoisotopic (exact) mass is 327 g/mol. The van der Waals surface area contributed by atoms with E-state index in [1.54, 1.807) is 6.20 Å². The molecule has 0 atom stereocenters. The first-order valence-corrected chi connectivity index (χ1v) is 8.22. The number of aromatic nitrogens is 2. The molecule has 3 aromatic rings. The molecule has 1 fully saturated rings. The van der Waals surface area contributed by atoms with E-state index in [0.29, 0.717) is 11.6 Å². The fourth-order valence-electron chi connectivity index (χ4n) is 2.72. The topological polar surface area (TPSA) is 79.5 Å². The highest BCUT2D eigenvalue weighted by atomic mass is 15.2. The predicted molar refractivity (Wildman–Crippen MR) is 99.0 cm³/mol. The van der Waals surface area contributed by atoms with Crippen molar-refractivity contribution in [3.05, 3.63) is 66.1 Å². The van der Waals surface area contributed by atoms with Gasteiger partial charge in [0.25, 0.3) is 0 Å². The number of nitriles is 1. The minimum Gasteiger partial charge on any atom is -0.404 e. The highest BCUT2D eigenvalue weighted by molar-refractivity contribution is 6.09. The van der Waals surface area contributed by atoms with Crippen LogP contribution in [0.25, 0.3) is 22.2 Å². The van der Waals surface area contributed by atoms with Crippen LogP contribution in [-0.4, -0.2) is 21.9 Å². The maximum absolute atomic E-state index is 8.93. The molecule has 25 heavy (non-hydrogen) atoms. The Labute approximate surface area is 145 Å². The van der Waals surface area contributed by atoms with Crippen LogP contribution >= 0.6 is 0 Å². The summed E-state index contributed by atoms with van der Waals surface area (Å²) in [5.41, 5.74) is 11.4. The van der Waals surface area contributed by atoms with Gasteiger partial charge < -0.3 is 5.73 Å². The number of fused-ring (bicyclic) bond motifs is 1. The SMILES string of the molecule is N#Cc1ccc(-c2cnn3cc(/C(C=NC4CC4)=C/N)ccc23)cc1. The maximum Gasteiger partial charge on any atom is 0.0991 e. The molecule has 1 aliphatic carbocycles. The highest BCUT2D eigenvalue weighted by Gasteiger charge is 2.19. The molecule has 0 aliphatic heterocycles. The van der Waals surface area contributed by atoms with Gasteiger partial charge in [0.1, 0.15) is 0 Å². The van der Waals surface area contributed by atoms with Gasteiger partial charge in [-0.2, -0.15) is 10.4 Å². The van der Waals surface area contributed by atoms with Crippen molar-refractivity contribution < 1.29 is 0 Å². The first-order chi connectivity index (χ1) is 12.3. The summed E-state index contributed by atoms with van der Waals surface area (Å²) in [7, 11) is 0. The van der Waals surface area contributed by atoms with Gasteiger partial charge in [0.05, 0.1) is 29.4 Å². The molecule has 1 aliphatic rings. The summed E-state index contributed by atoms with van der Waals surface area (Å²) in [6.07, 6.45) is 9.56. The maximum atomic E-state index is 8.93. The van der Waals surface area contributed by atoms with Crippen LogP contribution in [0, 0.1) is 11.3 Å². The number of nitrogens with zero attached hydrogens (tertiary/aromatic N) is 4. The third-order valence-electron chi connectivity index (χ3n) is 4.33. The zero-order valence-electron chi connectivity index (χ0n) is 13.6. The molecule has 2 aromatic heterocycles. The molecule has 4 rings (SSSR count). The van der Waals surface area contributed by atoms with E-state index in [2.05, 4.69) is 16.2 Å². The predicted octanol–water partition coefficient (Wildman–Crippen LogP) is 3.41. The zero-order chi connectivity index (χ0) is 17.2. The minimum atomic E-state index is 0.464. The molecule has 0 spiro atoms. The molecule has 122 valence electrons. The summed E-state index contributed by atoms with van der Waals surface area (Å²) in [6, 6.07) is 14.2. The summed E-state index contributed by atoms with van der Waals surface area (Å²) in [5.74, 6) is 0. The van der Waals surface area contributed by atoms with Crippen LogP contribution in [0.3, 0.4) is 0 Å². The van der Waals surface area contributed by atoms with Gasteiger partial charge in [-0.15, -0.1) is 0 Å². The zero-order valence-corrected chi connectivity index (χ0v) is 13.6. The lowest BCUT2D eigenvalue weighted by Crippen LogP contribution is -1.96. The van der Waals surface area contributed by atoms with Crippen LogP contribution in [-0.2, 0) is 0 Å². The van der Waals surface area contributed by atoms with Crippen molar-refractivity contribution in [3.63, 3.8) is 0 Å². The Morgan fingerprint density at radius 2 is 2.04 bits per heavy atom. The van der Waals surface area contributed by atoms with Gasteiger partial charge in [-0.1, -0.05) is 18.2 Å². The van der Waals surface area contributed by atoms with E-state index < -0.39 is 0 Å². The van der Waals surface area contributed by atoms with E-state index >= 15 is 0 Å². The average Bonchev–Trinajstić information content (AvgIpc) is 3.39. The summed E-state index contributed by atoms with van der Waals surface area (Å²) < 4.78 is 1.84. The van der Waals surface area contributed by atoms with Crippen molar-refractivity contribution >= 4 is 17.3 Å². The Morgan fingerprint density at radius 1 is 1.24 bits per heavy atom. The highest BCUT2D eigenvalue weighted by Crippen LogP contribution is 2.27. The number of allylic oxidation sites excluding steroid dienone is 1. The first kappa shape index (κ1) is 15.2. The molecular weight excluding hydrogens is 310 g/mol. The van der Waals surface area contributed by atoms with E-state index in [0.717, 1.165) is 27.8 Å². The van der Waals surface area contributed by atoms with Crippen LogP contribution in [0.2, 0.25) is 0 Å². The molecule has 0 radical (unpaired) electrons. The van der Waals surface area contributed by atoms with E-state index in [9.17, 15) is 0 Å². The van der Waals surface area contributed by atoms with Crippen LogP contribution in [0.5, 0.6) is 0 Å². The molecule has 2 N–H and O–H groups in total. The van der Waals surface area contributed by atoms with Crippen LogP contribution in [0.15, 0.2) is 60.0 Å². The molecule has 0 amide bonds. The lowest BCUT2D eigenvalue weighted by atomic mass is 10.0. The summed E-state index contributed by atoms with van der Waals surface area (Å²) >= 11 is 0. The molecule has 1 aromatic carbocycles. The Hall–Kier alpha value is -3.39. The Kier molecular flexibility index (Phi) is 3.79. The minimum absolute atomic E-state index is 0.464. The number of nitrogens with two attached hydrogens (primary N) is 1. The molecule has 5 heteroatoms. The van der Waals surface area contributed by atoms with Crippen molar-refractivity contribution in [1.82, 2.24) is 9.61 Å². The number of benzene rings is 1. The van der Waals surface area contributed by atoms with Crippen molar-refractivity contribution in [2.24, 2.45) is 10.7 Å². The molecule has 0 bridgehead atoms. The van der Waals surface area contributed by atoms with Crippen molar-refractivity contribution in [2.75, 3.05) is 0 Å². The van der Waals surface area contributed by atoms with Gasteiger partial charge in [0.15, 0.2) is 0 Å². The van der Waals surface area contributed by atoms with Gasteiger partial charge in [-0.25, -0.2) is 4.52 Å². The standard InChI is InChI=1S/C20H17N5/c21-9-14-1-3-15(4-2-14)19-12-24-25-13-16(5-8-20(19)25)17(10-22)11-23-18-6-7-18/h1-5,8,10-13,18H,6-7,22H2/b17-10+,23-11?. The second kappa shape index (κ2) is 6.25. The molecule has 1 saturated carbocycles. The lowest BCUT2D eigenvalue weighted by Gasteiger charge is -2.04. The largest absolute Gasteiger partial charge is 0.404 e. The van der Waals surface area contributed by atoms with E-state index in [1.165, 1.54) is 12.8 Å². The van der Waals surface area contributed by atoms with Crippen molar-refractivity contribution in [3.8, 4) is 17.2 Å². The summed E-state index contributed by atoms with van der Waals surface area (Å²) in [5, 5.41) is 13.4. The smallest absolute Gasteiger partial charge is 0.0991 e. The second-order valence-electron chi connectivity index (χ2n) is 6.13. The number of pyridine rings is 1. The van der Waals surface area contributed by atoms with E-state index in [1.807, 2.05) is 59.5 Å². The number of aliphatic imine (C=N–C) groups is 1. The first-order valence-electron chi connectivity index (χ1n) is 8.22. The van der Waals surface area contributed by atoms with Gasteiger partial charge in [0, 0.05) is 35.3 Å². The van der Waals surface area contributed by atoms with Crippen LogP contribution in [0.4, 0.5) is 0 Å². The Balaban J connectivity index is 1.69. The van der Waals surface area contributed by atoms with Gasteiger partial charge >= 0.3 is 0 Å². The van der Waals surface area contributed by atoms with Gasteiger partial charge in [0.2, 0.25) is 0 Å². The van der Waals surface area contributed by atoms with Crippen LogP contribution < -0.4 is 5.73 Å². The molecule has 5 nitrogen and oxygen atoms in total. The second-order valence-corrected chi connectivity index (χ2v) is 6.13. The van der Waals surface area contributed by atoms with Crippen molar-refractivity contribution in [1.29, 1.82) is 5.26 Å². The van der Waals surface area contributed by atoms with Gasteiger partial charge in [-0.05, 0) is 36.6 Å². The fourth-order valence-corrected chi connectivity index (χ4v) is 2.72. The summed E-state index contributed by atoms with van der Waals surface area (Å²) in [6.45, 7) is 0. The molecule has 0 unspecified atom stereocenters.